The van der Waals surface area contributed by atoms with Crippen LogP contribution in [0.5, 0.6) is 11.5 Å². The Bertz CT molecular complexity index is 1630. The summed E-state index contributed by atoms with van der Waals surface area (Å²) in [6.07, 6.45) is 2.33. The first-order valence-electron chi connectivity index (χ1n) is 13.4. The third-order valence-corrected chi connectivity index (χ3v) is 7.94. The molecule has 2 atom stereocenters. The van der Waals surface area contributed by atoms with E-state index < -0.39 is 17.5 Å². The van der Waals surface area contributed by atoms with Gasteiger partial charge >= 0.3 is 0 Å². The van der Waals surface area contributed by atoms with Crippen LogP contribution in [0, 0.1) is 12.7 Å². The number of piperazine rings is 1. The van der Waals surface area contributed by atoms with Gasteiger partial charge in [-0.25, -0.2) is 14.4 Å². The van der Waals surface area contributed by atoms with Gasteiger partial charge in [0.05, 0.1) is 24.5 Å². The smallest absolute Gasteiger partial charge is 0.298 e. The molecule has 0 bridgehead atoms. The Labute approximate surface area is 235 Å². The number of rotatable bonds is 5. The van der Waals surface area contributed by atoms with Crippen LogP contribution < -0.4 is 24.6 Å². The number of halogens is 1. The van der Waals surface area contributed by atoms with Gasteiger partial charge in [-0.3, -0.25) is 9.59 Å². The molecular weight excluding hydrogens is 527 g/mol. The first-order chi connectivity index (χ1) is 19.9. The number of carbonyl (C=O) groups is 2. The van der Waals surface area contributed by atoms with E-state index in [4.69, 9.17) is 9.47 Å². The molecule has 1 amide bonds. The molecule has 1 N–H and O–H groups in total. The highest BCUT2D eigenvalue weighted by Gasteiger charge is 2.44. The van der Waals surface area contributed by atoms with Crippen molar-refractivity contribution in [1.29, 1.82) is 0 Å². The van der Waals surface area contributed by atoms with Crippen molar-refractivity contribution >= 4 is 29.0 Å². The molecule has 2 aromatic heterocycles. The van der Waals surface area contributed by atoms with E-state index in [2.05, 4.69) is 20.2 Å². The molecular formula is C30H27FN6O4. The van der Waals surface area contributed by atoms with Gasteiger partial charge in [0, 0.05) is 49.2 Å². The molecule has 0 saturated carbocycles. The summed E-state index contributed by atoms with van der Waals surface area (Å²) >= 11 is 0. The highest BCUT2D eigenvalue weighted by atomic mass is 19.1. The monoisotopic (exact) mass is 554 g/mol. The van der Waals surface area contributed by atoms with Gasteiger partial charge < -0.3 is 29.2 Å². The number of Topliss-reactive ketones (excluding diaryl/α,β-unsaturated/α-hetero) is 1. The number of benzene rings is 2. The average molecular weight is 555 g/mol. The molecule has 208 valence electrons. The number of aryl methyl sites for hydroxylation is 1. The largest absolute Gasteiger partial charge is 0.489 e. The summed E-state index contributed by atoms with van der Waals surface area (Å²) in [5.41, 5.74) is 4.01. The van der Waals surface area contributed by atoms with E-state index in [-0.39, 0.29) is 12.1 Å². The second kappa shape index (κ2) is 9.61. The van der Waals surface area contributed by atoms with Gasteiger partial charge in [-0.2, -0.15) is 0 Å². The van der Waals surface area contributed by atoms with Crippen LogP contribution in [0.4, 0.5) is 21.7 Å². The fraction of sp³-hybridized carbons (Fsp3) is 0.267. The van der Waals surface area contributed by atoms with Gasteiger partial charge in [0.25, 0.3) is 11.7 Å². The maximum absolute atomic E-state index is 13.4. The lowest BCUT2D eigenvalue weighted by atomic mass is 10.0. The van der Waals surface area contributed by atoms with Crippen molar-refractivity contribution in [3.63, 3.8) is 0 Å². The second-order valence-electron chi connectivity index (χ2n) is 10.5. The van der Waals surface area contributed by atoms with Crippen LogP contribution >= 0.6 is 0 Å². The minimum absolute atomic E-state index is 0.0107. The van der Waals surface area contributed by atoms with Gasteiger partial charge in [-0.05, 0) is 18.6 Å². The number of ketones is 1. The van der Waals surface area contributed by atoms with Gasteiger partial charge in [0.1, 0.15) is 36.1 Å². The standard InChI is InChI=1S/C30H27FN6O4/c1-17-8-23(18-6-4-3-5-7-18)26(35(17)2)28(38)29(39)34-20-9-24-27-25(10-20)41-16-22-14-36(13-21(15-40-24)37(22)27)30-32-11-19(31)12-33-30/h3-12,21-22H,13-16H2,1-2H3,(H,34,39)/t21-,22+. The van der Waals surface area contributed by atoms with Gasteiger partial charge in [0.2, 0.25) is 5.95 Å². The van der Waals surface area contributed by atoms with Crippen molar-refractivity contribution in [2.75, 3.05) is 41.4 Å². The molecule has 3 aliphatic rings. The zero-order chi connectivity index (χ0) is 28.2. The van der Waals surface area contributed by atoms with E-state index in [9.17, 15) is 14.0 Å². The normalized spacial score (nSPS) is 18.7. The van der Waals surface area contributed by atoms with Crippen LogP contribution in [-0.4, -0.2) is 64.6 Å². The first kappa shape index (κ1) is 25.1. The highest BCUT2D eigenvalue weighted by Crippen LogP contribution is 2.48. The quantitative estimate of drug-likeness (QED) is 0.295. The topological polar surface area (TPSA) is 102 Å². The SMILES string of the molecule is Cc1cc(-c2ccccc2)c(C(=O)C(=O)Nc2cc3c4c(c2)OC[C@H]2CN(c5ncc(F)cn5)C[C@@H](CO3)N42)n1C. The Morgan fingerprint density at radius 1 is 0.976 bits per heavy atom. The lowest BCUT2D eigenvalue weighted by Crippen LogP contribution is -2.65. The van der Waals surface area contributed by atoms with Crippen molar-refractivity contribution in [2.45, 2.75) is 19.0 Å². The average Bonchev–Trinajstić information content (AvgIpc) is 3.29. The van der Waals surface area contributed by atoms with E-state index >= 15 is 0 Å². The number of hydrogen-bond acceptors (Lipinski definition) is 8. The van der Waals surface area contributed by atoms with Gasteiger partial charge in [-0.15, -0.1) is 0 Å². The summed E-state index contributed by atoms with van der Waals surface area (Å²) in [6.45, 7) is 3.92. The molecule has 4 aromatic rings. The number of amides is 1. The zero-order valence-electron chi connectivity index (χ0n) is 22.5. The Kier molecular flexibility index (Phi) is 5.88. The third kappa shape index (κ3) is 4.24. The number of aromatic nitrogens is 3. The molecule has 10 nitrogen and oxygen atoms in total. The number of hydrogen-bond donors (Lipinski definition) is 1. The van der Waals surface area contributed by atoms with Gasteiger partial charge in [-0.1, -0.05) is 30.3 Å². The Hall–Kier alpha value is -4.93. The summed E-state index contributed by atoms with van der Waals surface area (Å²) in [4.78, 5) is 39.3. The molecule has 1 saturated heterocycles. The van der Waals surface area contributed by atoms with Gasteiger partial charge in [0.15, 0.2) is 5.82 Å². The van der Waals surface area contributed by atoms with E-state index in [1.165, 1.54) is 12.4 Å². The molecule has 0 spiro atoms. The van der Waals surface area contributed by atoms with Crippen LogP contribution in [0.2, 0.25) is 0 Å². The lowest BCUT2D eigenvalue weighted by molar-refractivity contribution is -0.112. The summed E-state index contributed by atoms with van der Waals surface area (Å²) in [5, 5.41) is 2.77. The second-order valence-corrected chi connectivity index (χ2v) is 10.5. The zero-order valence-corrected chi connectivity index (χ0v) is 22.5. The lowest BCUT2D eigenvalue weighted by Gasteiger charge is -2.52. The van der Waals surface area contributed by atoms with Crippen LogP contribution in [0.25, 0.3) is 11.1 Å². The summed E-state index contributed by atoms with van der Waals surface area (Å²) in [7, 11) is 1.78. The van der Waals surface area contributed by atoms with Crippen LogP contribution in [0.15, 0.2) is 60.9 Å². The number of nitrogens with one attached hydrogen (secondary N) is 1. The first-order valence-corrected chi connectivity index (χ1v) is 13.4. The molecule has 41 heavy (non-hydrogen) atoms. The maximum Gasteiger partial charge on any atom is 0.298 e. The predicted octanol–water partition coefficient (Wildman–Crippen LogP) is 3.60. The maximum atomic E-state index is 13.4. The summed E-state index contributed by atoms with van der Waals surface area (Å²) in [6, 6.07) is 14.9. The van der Waals surface area contributed by atoms with Crippen LogP contribution in [-0.2, 0) is 11.8 Å². The fourth-order valence-corrected chi connectivity index (χ4v) is 5.96. The van der Waals surface area contributed by atoms with Crippen molar-refractivity contribution in [3.05, 3.63) is 78.1 Å². The van der Waals surface area contributed by atoms with Crippen molar-refractivity contribution in [3.8, 4) is 22.6 Å². The number of nitrogens with zero attached hydrogens (tertiary/aromatic N) is 5. The predicted molar refractivity (Wildman–Crippen MR) is 150 cm³/mol. The Balaban J connectivity index is 1.13. The van der Waals surface area contributed by atoms with E-state index in [1.807, 2.05) is 48.2 Å². The number of anilines is 3. The molecule has 2 aromatic carbocycles. The Morgan fingerprint density at radius 2 is 1.61 bits per heavy atom. The van der Waals surface area contributed by atoms with Crippen molar-refractivity contribution < 1.29 is 23.5 Å². The van der Waals surface area contributed by atoms with E-state index in [0.29, 0.717) is 60.7 Å². The number of carbonyl (C=O) groups excluding carboxylic acids is 2. The molecule has 0 aliphatic carbocycles. The van der Waals surface area contributed by atoms with Crippen LogP contribution in [0.3, 0.4) is 0 Å². The molecule has 1 fully saturated rings. The van der Waals surface area contributed by atoms with Crippen molar-refractivity contribution in [1.82, 2.24) is 14.5 Å². The minimum Gasteiger partial charge on any atom is -0.489 e. The molecule has 3 aliphatic heterocycles. The molecule has 0 unspecified atom stereocenters. The van der Waals surface area contributed by atoms with E-state index in [0.717, 1.165) is 16.9 Å². The van der Waals surface area contributed by atoms with Crippen molar-refractivity contribution in [2.24, 2.45) is 7.05 Å². The minimum atomic E-state index is -0.745. The summed E-state index contributed by atoms with van der Waals surface area (Å²) in [5.74, 6) is -0.227. The highest BCUT2D eigenvalue weighted by molar-refractivity contribution is 6.47. The molecule has 7 rings (SSSR count). The fourth-order valence-electron chi connectivity index (χ4n) is 5.96. The molecule has 0 radical (unpaired) electrons. The van der Waals surface area contributed by atoms with Crippen LogP contribution in [0.1, 0.15) is 16.2 Å². The molecule has 11 heteroatoms. The molecule has 5 heterocycles. The Morgan fingerprint density at radius 3 is 2.24 bits per heavy atom. The summed E-state index contributed by atoms with van der Waals surface area (Å²) < 4.78 is 27.4. The van der Waals surface area contributed by atoms with E-state index in [1.54, 1.807) is 23.7 Å². The number of ether oxygens (including phenoxy) is 2. The third-order valence-electron chi connectivity index (χ3n) is 7.94.